The van der Waals surface area contributed by atoms with Crippen LogP contribution in [0.25, 0.3) is 0 Å². The third kappa shape index (κ3) is 12.0. The molecule has 0 aliphatic carbocycles. The van der Waals surface area contributed by atoms with Gasteiger partial charge in [-0.15, -0.1) is 24.0 Å². The van der Waals surface area contributed by atoms with Crippen LogP contribution in [-0.4, -0.2) is 16.5 Å². The maximum absolute atomic E-state index is 8.33. The smallest absolute Gasteiger partial charge is 0.151 e. The van der Waals surface area contributed by atoms with E-state index in [-0.39, 0.29) is 24.0 Å². The molecule has 3 heteroatoms. The van der Waals surface area contributed by atoms with E-state index in [1.165, 1.54) is 0 Å². The number of aliphatic hydroxyl groups is 2. The molecule has 0 fully saturated rings. The first kappa shape index (κ1) is 12.3. The van der Waals surface area contributed by atoms with Crippen LogP contribution in [0.5, 0.6) is 0 Å². The Morgan fingerprint density at radius 3 is 2.11 bits per heavy atom. The molecule has 0 spiro atoms. The molecule has 0 saturated carbocycles. The number of hydrogen-bond acceptors (Lipinski definition) is 2. The Kier molecular flexibility index (Phi) is 11.9. The maximum Gasteiger partial charge on any atom is 0.151 e. The van der Waals surface area contributed by atoms with Crippen molar-refractivity contribution < 1.29 is 10.2 Å². The van der Waals surface area contributed by atoms with E-state index in [4.69, 9.17) is 10.2 Å². The summed E-state index contributed by atoms with van der Waals surface area (Å²) in [5.41, 5.74) is 0. The molecule has 0 bridgehead atoms. The molecule has 0 aromatic carbocycles. The zero-order chi connectivity index (χ0) is 6.41. The van der Waals surface area contributed by atoms with Crippen LogP contribution in [-0.2, 0) is 0 Å². The van der Waals surface area contributed by atoms with Gasteiger partial charge in [-0.25, -0.2) is 0 Å². The maximum atomic E-state index is 8.33. The average molecular weight is 246 g/mol. The lowest BCUT2D eigenvalue weighted by molar-refractivity contribution is -0.0465. The monoisotopic (exact) mass is 246 g/mol. The molecule has 0 heterocycles. The molecule has 0 rings (SSSR count). The van der Waals surface area contributed by atoms with Gasteiger partial charge >= 0.3 is 0 Å². The van der Waals surface area contributed by atoms with Gasteiger partial charge in [-0.05, 0) is 12.8 Å². The predicted molar refractivity (Wildman–Crippen MR) is 47.8 cm³/mol. The molecule has 58 valence electrons. The van der Waals surface area contributed by atoms with Crippen molar-refractivity contribution in [1.29, 1.82) is 0 Å². The minimum Gasteiger partial charge on any atom is -0.368 e. The van der Waals surface area contributed by atoms with E-state index in [0.29, 0.717) is 6.42 Å². The second-order valence-electron chi connectivity index (χ2n) is 1.98. The van der Waals surface area contributed by atoms with E-state index in [0.717, 1.165) is 19.3 Å². The van der Waals surface area contributed by atoms with Crippen LogP contribution in [0.2, 0.25) is 0 Å². The van der Waals surface area contributed by atoms with Crippen LogP contribution >= 0.6 is 24.0 Å². The second kappa shape index (κ2) is 8.65. The van der Waals surface area contributed by atoms with E-state index < -0.39 is 6.29 Å². The van der Waals surface area contributed by atoms with Gasteiger partial charge in [0, 0.05) is 0 Å². The minimum absolute atomic E-state index is 0. The molecule has 0 aliphatic rings. The van der Waals surface area contributed by atoms with E-state index in [1.807, 2.05) is 0 Å². The molecule has 0 aliphatic heterocycles. The molecule has 2 N–H and O–H groups in total. The fraction of sp³-hybridized carbons (Fsp3) is 1.00. The molecule has 0 saturated heterocycles. The summed E-state index contributed by atoms with van der Waals surface area (Å²) in [5.74, 6) is 0. The van der Waals surface area contributed by atoms with Gasteiger partial charge < -0.3 is 10.2 Å². The molecule has 0 aromatic rings. The second-order valence-corrected chi connectivity index (χ2v) is 1.98. The van der Waals surface area contributed by atoms with Crippen molar-refractivity contribution in [3.8, 4) is 0 Å². The first-order valence-electron chi connectivity index (χ1n) is 3.13. The molecule has 0 unspecified atom stereocenters. The number of unbranched alkanes of at least 4 members (excludes halogenated alkanes) is 2. The first-order chi connectivity index (χ1) is 3.77. The Morgan fingerprint density at radius 2 is 1.78 bits per heavy atom. The fourth-order valence-electron chi connectivity index (χ4n) is 0.577. The van der Waals surface area contributed by atoms with Gasteiger partial charge in [0.25, 0.3) is 0 Å². The highest BCUT2D eigenvalue weighted by molar-refractivity contribution is 14.0. The lowest BCUT2D eigenvalue weighted by Gasteiger charge is -1.99. The Hall–Kier alpha value is 0.650. The van der Waals surface area contributed by atoms with Crippen molar-refractivity contribution in [3.63, 3.8) is 0 Å². The van der Waals surface area contributed by atoms with Gasteiger partial charge in [0.1, 0.15) is 0 Å². The first-order valence-corrected chi connectivity index (χ1v) is 3.13. The van der Waals surface area contributed by atoms with Crippen molar-refractivity contribution in [2.45, 2.75) is 38.9 Å². The molecule has 0 amide bonds. The Labute approximate surface area is 73.3 Å². The highest BCUT2D eigenvalue weighted by atomic mass is 127. The van der Waals surface area contributed by atoms with Crippen LogP contribution in [0.15, 0.2) is 0 Å². The molecule has 9 heavy (non-hydrogen) atoms. The van der Waals surface area contributed by atoms with Gasteiger partial charge in [0.15, 0.2) is 6.29 Å². The van der Waals surface area contributed by atoms with E-state index >= 15 is 0 Å². The van der Waals surface area contributed by atoms with Crippen molar-refractivity contribution in [2.24, 2.45) is 0 Å². The number of halogens is 1. The van der Waals surface area contributed by atoms with Gasteiger partial charge in [-0.3, -0.25) is 0 Å². The molecular weight excluding hydrogens is 231 g/mol. The Bertz CT molecular complexity index is 48.3. The summed E-state index contributed by atoms with van der Waals surface area (Å²) in [6.45, 7) is 2.09. The largest absolute Gasteiger partial charge is 0.368 e. The Morgan fingerprint density at radius 1 is 1.22 bits per heavy atom. The number of aliphatic hydroxyl groups excluding tert-OH is 1. The van der Waals surface area contributed by atoms with Crippen molar-refractivity contribution in [1.82, 2.24) is 0 Å². The summed E-state index contributed by atoms with van der Waals surface area (Å²) < 4.78 is 0. The molecule has 0 radical (unpaired) electrons. The predicted octanol–water partition coefficient (Wildman–Crippen LogP) is 1.50. The summed E-state index contributed by atoms with van der Waals surface area (Å²) in [6.07, 6.45) is 2.58. The topological polar surface area (TPSA) is 40.5 Å². The summed E-state index contributed by atoms with van der Waals surface area (Å²) in [6, 6.07) is 0. The minimum atomic E-state index is -1.10. The summed E-state index contributed by atoms with van der Waals surface area (Å²) >= 11 is 0. The normalized spacial score (nSPS) is 9.33. The SMILES string of the molecule is CCCCCC(O)O.I. The molecule has 2 nitrogen and oxygen atoms in total. The van der Waals surface area contributed by atoms with Crippen LogP contribution in [0.1, 0.15) is 32.6 Å². The van der Waals surface area contributed by atoms with Crippen LogP contribution in [0.3, 0.4) is 0 Å². The highest BCUT2D eigenvalue weighted by Crippen LogP contribution is 1.99. The van der Waals surface area contributed by atoms with Gasteiger partial charge in [0.05, 0.1) is 0 Å². The average Bonchev–Trinajstić information content (AvgIpc) is 1.66. The summed E-state index contributed by atoms with van der Waals surface area (Å²) in [5, 5.41) is 16.7. The summed E-state index contributed by atoms with van der Waals surface area (Å²) in [4.78, 5) is 0. The van der Waals surface area contributed by atoms with Gasteiger partial charge in [-0.1, -0.05) is 19.8 Å². The van der Waals surface area contributed by atoms with Crippen LogP contribution in [0.4, 0.5) is 0 Å². The quantitative estimate of drug-likeness (QED) is 0.448. The van der Waals surface area contributed by atoms with Gasteiger partial charge in [-0.2, -0.15) is 0 Å². The zero-order valence-electron chi connectivity index (χ0n) is 5.71. The van der Waals surface area contributed by atoms with Crippen molar-refractivity contribution in [2.75, 3.05) is 0 Å². The third-order valence-electron chi connectivity index (χ3n) is 1.07. The van der Waals surface area contributed by atoms with Crippen LogP contribution < -0.4 is 0 Å². The fourth-order valence-corrected chi connectivity index (χ4v) is 0.577. The summed E-state index contributed by atoms with van der Waals surface area (Å²) in [7, 11) is 0. The standard InChI is InChI=1S/C6H14O2.HI/c1-2-3-4-5-6(7)8;/h6-8H,2-5H2,1H3;1H. The zero-order valence-corrected chi connectivity index (χ0v) is 8.04. The Balaban J connectivity index is 0. The number of rotatable bonds is 4. The van der Waals surface area contributed by atoms with Crippen LogP contribution in [0, 0.1) is 0 Å². The molecule has 0 aromatic heterocycles. The lowest BCUT2D eigenvalue weighted by Crippen LogP contribution is -2.02. The van der Waals surface area contributed by atoms with E-state index in [9.17, 15) is 0 Å². The van der Waals surface area contributed by atoms with E-state index in [1.54, 1.807) is 0 Å². The third-order valence-corrected chi connectivity index (χ3v) is 1.07. The van der Waals surface area contributed by atoms with E-state index in [2.05, 4.69) is 6.92 Å². The van der Waals surface area contributed by atoms with Gasteiger partial charge in [0.2, 0.25) is 0 Å². The lowest BCUT2D eigenvalue weighted by atomic mass is 10.2. The molecular formula is C6H15IO2. The van der Waals surface area contributed by atoms with Crippen molar-refractivity contribution >= 4 is 24.0 Å². The molecule has 0 atom stereocenters. The van der Waals surface area contributed by atoms with Crippen molar-refractivity contribution in [3.05, 3.63) is 0 Å². The number of hydrogen-bond donors (Lipinski definition) is 2. The highest BCUT2D eigenvalue weighted by Gasteiger charge is 1.93.